The highest BCUT2D eigenvalue weighted by Gasteiger charge is 2.37. The summed E-state index contributed by atoms with van der Waals surface area (Å²) in [4.78, 5) is 13.8. The number of halogens is 1. The van der Waals surface area contributed by atoms with Gasteiger partial charge in [0.25, 0.3) is 0 Å². The van der Waals surface area contributed by atoms with Crippen molar-refractivity contribution in [3.05, 3.63) is 94.0 Å². The van der Waals surface area contributed by atoms with Crippen molar-refractivity contribution < 1.29 is 19.7 Å². The van der Waals surface area contributed by atoms with Gasteiger partial charge >= 0.3 is 5.97 Å². The van der Waals surface area contributed by atoms with Gasteiger partial charge in [-0.1, -0.05) is 54.9 Å². The summed E-state index contributed by atoms with van der Waals surface area (Å²) in [6, 6.07) is 20.6. The molecule has 1 heterocycles. The second kappa shape index (κ2) is 9.23. The molecule has 3 aromatic rings. The quantitative estimate of drug-likeness (QED) is 0.533. The summed E-state index contributed by atoms with van der Waals surface area (Å²) in [7, 11) is 0. The molecule has 1 aliphatic rings. The lowest BCUT2D eigenvalue weighted by Crippen LogP contribution is -2.43. The molecule has 0 amide bonds. The van der Waals surface area contributed by atoms with Crippen molar-refractivity contribution in [2.24, 2.45) is 0 Å². The Bertz CT molecular complexity index is 1130. The standard InChI is InChI=1S/C26H26ClNO4/c1-2-26(21-8-5-9-22(27)13-21)16-28(14-19-6-3-4-7-20(19)15-29)23-12-18(25(30)31)10-11-24(23)32-17-26/h3-13,29H,2,14-17H2,1H3,(H,30,31). The fraction of sp³-hybridized carbons (Fsp3) is 0.269. The van der Waals surface area contributed by atoms with Crippen molar-refractivity contribution in [2.45, 2.75) is 31.9 Å². The summed E-state index contributed by atoms with van der Waals surface area (Å²) >= 11 is 6.33. The molecule has 1 aliphatic heterocycles. The number of hydrogen-bond acceptors (Lipinski definition) is 4. The molecule has 1 unspecified atom stereocenters. The van der Waals surface area contributed by atoms with Gasteiger partial charge < -0.3 is 19.8 Å². The van der Waals surface area contributed by atoms with E-state index in [1.165, 1.54) is 0 Å². The Morgan fingerprint density at radius 2 is 1.88 bits per heavy atom. The molecule has 32 heavy (non-hydrogen) atoms. The van der Waals surface area contributed by atoms with Crippen LogP contribution in [0.3, 0.4) is 0 Å². The van der Waals surface area contributed by atoms with Gasteiger partial charge in [0.1, 0.15) is 5.75 Å². The summed E-state index contributed by atoms with van der Waals surface area (Å²) in [6.45, 7) is 3.64. The molecule has 0 fully saturated rings. The smallest absolute Gasteiger partial charge is 0.335 e. The molecule has 5 nitrogen and oxygen atoms in total. The molecule has 0 bridgehead atoms. The predicted molar refractivity (Wildman–Crippen MR) is 126 cm³/mol. The van der Waals surface area contributed by atoms with Crippen LogP contribution < -0.4 is 9.64 Å². The van der Waals surface area contributed by atoms with Crippen molar-refractivity contribution in [3.8, 4) is 5.75 Å². The van der Waals surface area contributed by atoms with E-state index < -0.39 is 5.97 Å². The number of aromatic carboxylic acids is 1. The Hall–Kier alpha value is -3.02. The average Bonchev–Trinajstić information content (AvgIpc) is 2.97. The SMILES string of the molecule is CCC1(c2cccc(Cl)c2)COc2ccc(C(=O)O)cc2N(Cc2ccccc2CO)C1. The van der Waals surface area contributed by atoms with Gasteiger partial charge in [-0.05, 0) is 53.4 Å². The van der Waals surface area contributed by atoms with Gasteiger partial charge in [0.2, 0.25) is 0 Å². The van der Waals surface area contributed by atoms with E-state index in [9.17, 15) is 15.0 Å². The van der Waals surface area contributed by atoms with Gasteiger partial charge in [0, 0.05) is 23.5 Å². The van der Waals surface area contributed by atoms with Crippen molar-refractivity contribution in [1.82, 2.24) is 0 Å². The molecule has 3 aromatic carbocycles. The normalized spacial score (nSPS) is 17.9. The predicted octanol–water partition coefficient (Wildman–Crippen LogP) is 5.28. The molecule has 4 rings (SSSR count). The Morgan fingerprint density at radius 1 is 1.09 bits per heavy atom. The number of hydrogen-bond donors (Lipinski definition) is 2. The van der Waals surface area contributed by atoms with Gasteiger partial charge in [-0.3, -0.25) is 0 Å². The van der Waals surface area contributed by atoms with Crippen LogP contribution in [0.4, 0.5) is 5.69 Å². The van der Waals surface area contributed by atoms with E-state index >= 15 is 0 Å². The van der Waals surface area contributed by atoms with Crippen molar-refractivity contribution in [1.29, 1.82) is 0 Å². The summed E-state index contributed by atoms with van der Waals surface area (Å²) in [5, 5.41) is 20.1. The van der Waals surface area contributed by atoms with Crippen LogP contribution in [-0.2, 0) is 18.6 Å². The van der Waals surface area contributed by atoms with E-state index in [4.69, 9.17) is 16.3 Å². The van der Waals surface area contributed by atoms with Crippen LogP contribution >= 0.6 is 11.6 Å². The average molecular weight is 452 g/mol. The van der Waals surface area contributed by atoms with Gasteiger partial charge in [0.15, 0.2) is 0 Å². The minimum Gasteiger partial charge on any atom is -0.490 e. The Labute approximate surface area is 192 Å². The lowest BCUT2D eigenvalue weighted by atomic mass is 9.78. The molecule has 0 spiro atoms. The number of carboxylic acids is 1. The highest BCUT2D eigenvalue weighted by Crippen LogP contribution is 2.41. The van der Waals surface area contributed by atoms with E-state index in [2.05, 4.69) is 17.9 Å². The maximum Gasteiger partial charge on any atom is 0.335 e. The van der Waals surface area contributed by atoms with Crippen molar-refractivity contribution in [3.63, 3.8) is 0 Å². The fourth-order valence-corrected chi connectivity index (χ4v) is 4.55. The number of nitrogens with zero attached hydrogens (tertiary/aromatic N) is 1. The second-order valence-electron chi connectivity index (χ2n) is 8.20. The number of ether oxygens (including phenoxy) is 1. The molecular weight excluding hydrogens is 426 g/mol. The van der Waals surface area contributed by atoms with Gasteiger partial charge in [0.05, 0.1) is 24.5 Å². The molecule has 0 aliphatic carbocycles. The highest BCUT2D eigenvalue weighted by molar-refractivity contribution is 6.30. The summed E-state index contributed by atoms with van der Waals surface area (Å²) in [6.07, 6.45) is 0.811. The van der Waals surface area contributed by atoms with E-state index in [0.717, 1.165) is 28.8 Å². The van der Waals surface area contributed by atoms with Crippen LogP contribution in [0.2, 0.25) is 5.02 Å². The third kappa shape index (κ3) is 4.31. The first-order valence-electron chi connectivity index (χ1n) is 10.6. The first-order valence-corrected chi connectivity index (χ1v) is 11.0. The molecule has 0 saturated heterocycles. The number of fused-ring (bicyclic) bond motifs is 1. The summed E-state index contributed by atoms with van der Waals surface area (Å²) < 4.78 is 6.28. The summed E-state index contributed by atoms with van der Waals surface area (Å²) in [5.41, 5.74) is 3.51. The third-order valence-corrected chi connectivity index (χ3v) is 6.54. The van der Waals surface area contributed by atoms with Crippen LogP contribution in [0.1, 0.15) is 40.4 Å². The number of rotatable bonds is 6. The van der Waals surface area contributed by atoms with E-state index in [1.807, 2.05) is 42.5 Å². The molecule has 166 valence electrons. The zero-order valence-corrected chi connectivity index (χ0v) is 18.7. The maximum absolute atomic E-state index is 11.7. The van der Waals surface area contributed by atoms with Gasteiger partial charge in [-0.25, -0.2) is 4.79 Å². The molecule has 0 aromatic heterocycles. The molecule has 0 saturated carbocycles. The monoisotopic (exact) mass is 451 g/mol. The third-order valence-electron chi connectivity index (χ3n) is 6.31. The molecule has 0 radical (unpaired) electrons. The molecule has 1 atom stereocenters. The van der Waals surface area contributed by atoms with Crippen LogP contribution in [0.15, 0.2) is 66.7 Å². The number of aliphatic hydroxyl groups excluding tert-OH is 1. The Morgan fingerprint density at radius 3 is 2.56 bits per heavy atom. The topological polar surface area (TPSA) is 70.0 Å². The number of anilines is 1. The molecule has 6 heteroatoms. The van der Waals surface area contributed by atoms with E-state index in [-0.39, 0.29) is 17.6 Å². The number of carboxylic acid groups (broad SMARTS) is 1. The zero-order valence-electron chi connectivity index (χ0n) is 17.9. The largest absolute Gasteiger partial charge is 0.490 e. The first kappa shape index (κ1) is 22.2. The van der Waals surface area contributed by atoms with E-state index in [0.29, 0.717) is 30.5 Å². The highest BCUT2D eigenvalue weighted by atomic mass is 35.5. The second-order valence-corrected chi connectivity index (χ2v) is 8.64. The Kier molecular flexibility index (Phi) is 6.40. The van der Waals surface area contributed by atoms with Crippen molar-refractivity contribution in [2.75, 3.05) is 18.1 Å². The van der Waals surface area contributed by atoms with Crippen molar-refractivity contribution >= 4 is 23.3 Å². The molecular formula is C26H26ClNO4. The van der Waals surface area contributed by atoms with Gasteiger partial charge in [-0.2, -0.15) is 0 Å². The van der Waals surface area contributed by atoms with E-state index in [1.54, 1.807) is 18.2 Å². The Balaban J connectivity index is 1.83. The minimum absolute atomic E-state index is 0.0598. The van der Waals surface area contributed by atoms with Crippen LogP contribution in [0.5, 0.6) is 5.75 Å². The van der Waals surface area contributed by atoms with Crippen LogP contribution in [-0.4, -0.2) is 29.3 Å². The number of carbonyl (C=O) groups is 1. The fourth-order valence-electron chi connectivity index (χ4n) is 4.36. The maximum atomic E-state index is 11.7. The number of benzene rings is 3. The minimum atomic E-state index is -0.982. The van der Waals surface area contributed by atoms with Crippen LogP contribution in [0, 0.1) is 0 Å². The lowest BCUT2D eigenvalue weighted by Gasteiger charge is -2.36. The lowest BCUT2D eigenvalue weighted by molar-refractivity contribution is 0.0697. The molecule has 2 N–H and O–H groups in total. The first-order chi connectivity index (χ1) is 15.5. The van der Waals surface area contributed by atoms with Gasteiger partial charge in [-0.15, -0.1) is 0 Å². The summed E-state index contributed by atoms with van der Waals surface area (Å²) in [5.74, 6) is -0.335. The van der Waals surface area contributed by atoms with Crippen LogP contribution in [0.25, 0.3) is 0 Å². The number of aliphatic hydroxyl groups is 1. The zero-order chi connectivity index (χ0) is 22.7.